The van der Waals surface area contributed by atoms with Crippen molar-refractivity contribution in [1.82, 2.24) is 9.88 Å². The summed E-state index contributed by atoms with van der Waals surface area (Å²) in [6, 6.07) is 7.08. The summed E-state index contributed by atoms with van der Waals surface area (Å²) in [5.41, 5.74) is -0.157. The number of H-pyrrole nitrogens is 1. The summed E-state index contributed by atoms with van der Waals surface area (Å²) in [4.78, 5) is 41.5. The zero-order valence-corrected chi connectivity index (χ0v) is 16.3. The highest BCUT2D eigenvalue weighted by Crippen LogP contribution is 2.21. The molecule has 0 fully saturated rings. The van der Waals surface area contributed by atoms with Crippen LogP contribution >= 0.6 is 11.3 Å². The number of rotatable bonds is 6. The number of aromatic amines is 1. The average molecular weight is 376 g/mol. The maximum Gasteiger partial charge on any atom is 0.306 e. The Morgan fingerprint density at radius 1 is 1.23 bits per heavy atom. The molecule has 0 saturated carbocycles. The number of hydrogen-bond acceptors (Lipinski definition) is 5. The van der Waals surface area contributed by atoms with E-state index in [1.165, 1.54) is 16.2 Å². The van der Waals surface area contributed by atoms with E-state index in [1.807, 2.05) is 38.3 Å². The van der Waals surface area contributed by atoms with Crippen LogP contribution in [-0.4, -0.2) is 41.0 Å². The second-order valence-corrected chi connectivity index (χ2v) is 7.96. The number of hydrogen-bond donors (Lipinski definition) is 1. The fraction of sp³-hybridized carbons (Fsp3) is 0.421. The third-order valence-electron chi connectivity index (χ3n) is 3.57. The number of amides is 1. The molecule has 0 saturated heterocycles. The molecule has 2 heterocycles. The van der Waals surface area contributed by atoms with Crippen molar-refractivity contribution in [2.45, 2.75) is 39.2 Å². The van der Waals surface area contributed by atoms with E-state index in [2.05, 4.69) is 4.98 Å². The first-order chi connectivity index (χ1) is 12.2. The summed E-state index contributed by atoms with van der Waals surface area (Å²) in [6.45, 7) is 5.80. The Labute approximate surface area is 156 Å². The van der Waals surface area contributed by atoms with Crippen molar-refractivity contribution in [3.8, 4) is 10.6 Å². The predicted molar refractivity (Wildman–Crippen MR) is 102 cm³/mol. The molecule has 2 aromatic heterocycles. The Kier molecular flexibility index (Phi) is 6.37. The number of carbonyl (C=O) groups excluding carboxylic acids is 2. The molecule has 0 aliphatic heterocycles. The highest BCUT2D eigenvalue weighted by molar-refractivity contribution is 7.13. The van der Waals surface area contributed by atoms with Crippen molar-refractivity contribution < 1.29 is 14.3 Å². The Balaban J connectivity index is 1.94. The quantitative estimate of drug-likeness (QED) is 0.785. The second kappa shape index (κ2) is 8.31. The molecule has 0 atom stereocenters. The first kappa shape index (κ1) is 19.9. The van der Waals surface area contributed by atoms with Gasteiger partial charge in [-0.1, -0.05) is 6.07 Å². The molecule has 2 rings (SSSR count). The summed E-state index contributed by atoms with van der Waals surface area (Å²) < 4.78 is 5.24. The smallest absolute Gasteiger partial charge is 0.306 e. The lowest BCUT2D eigenvalue weighted by Crippen LogP contribution is -2.33. The number of esters is 1. The Hall–Kier alpha value is -2.41. The van der Waals surface area contributed by atoms with Crippen LogP contribution in [0.1, 0.15) is 44.0 Å². The zero-order valence-electron chi connectivity index (χ0n) is 15.5. The zero-order chi connectivity index (χ0) is 19.3. The molecule has 1 N–H and O–H groups in total. The van der Waals surface area contributed by atoms with Crippen molar-refractivity contribution >= 4 is 23.2 Å². The van der Waals surface area contributed by atoms with E-state index in [0.717, 1.165) is 4.88 Å². The largest absolute Gasteiger partial charge is 0.460 e. The molecule has 7 heteroatoms. The highest BCUT2D eigenvalue weighted by atomic mass is 32.1. The van der Waals surface area contributed by atoms with Gasteiger partial charge in [0.15, 0.2) is 0 Å². The third kappa shape index (κ3) is 5.56. The minimum atomic E-state index is -0.517. The van der Waals surface area contributed by atoms with E-state index < -0.39 is 11.2 Å². The number of pyridine rings is 1. The van der Waals surface area contributed by atoms with Gasteiger partial charge in [0.05, 0.1) is 10.6 Å². The predicted octanol–water partition coefficient (Wildman–Crippen LogP) is 3.30. The second-order valence-electron chi connectivity index (χ2n) is 7.01. The van der Waals surface area contributed by atoms with Gasteiger partial charge in [0.2, 0.25) is 0 Å². The topological polar surface area (TPSA) is 79.5 Å². The van der Waals surface area contributed by atoms with E-state index in [1.54, 1.807) is 19.2 Å². The molecule has 0 bridgehead atoms. The van der Waals surface area contributed by atoms with Crippen molar-refractivity contribution in [1.29, 1.82) is 0 Å². The van der Waals surface area contributed by atoms with E-state index in [9.17, 15) is 14.4 Å². The van der Waals surface area contributed by atoms with Gasteiger partial charge in [0.1, 0.15) is 11.2 Å². The third-order valence-corrected chi connectivity index (χ3v) is 4.47. The van der Waals surface area contributed by atoms with E-state index in [4.69, 9.17) is 4.74 Å². The van der Waals surface area contributed by atoms with Gasteiger partial charge in [0.25, 0.3) is 11.5 Å². The molecule has 0 aromatic carbocycles. The van der Waals surface area contributed by atoms with Gasteiger partial charge in [-0.3, -0.25) is 14.4 Å². The van der Waals surface area contributed by atoms with Gasteiger partial charge < -0.3 is 14.6 Å². The number of nitrogens with zero attached hydrogens (tertiary/aromatic N) is 1. The van der Waals surface area contributed by atoms with Gasteiger partial charge in [-0.05, 0) is 50.8 Å². The first-order valence-electron chi connectivity index (χ1n) is 8.42. The minimum Gasteiger partial charge on any atom is -0.460 e. The van der Waals surface area contributed by atoms with Crippen molar-refractivity contribution in [2.75, 3.05) is 13.6 Å². The number of aromatic nitrogens is 1. The molecule has 0 aliphatic carbocycles. The minimum absolute atomic E-state index is 0.0880. The molecule has 0 spiro atoms. The molecular formula is C19H24N2O4S. The van der Waals surface area contributed by atoms with Crippen LogP contribution in [0.3, 0.4) is 0 Å². The summed E-state index contributed by atoms with van der Waals surface area (Å²) >= 11 is 1.51. The number of carbonyl (C=O) groups is 2. The highest BCUT2D eigenvalue weighted by Gasteiger charge is 2.18. The fourth-order valence-electron chi connectivity index (χ4n) is 2.38. The molecule has 2 aromatic rings. The van der Waals surface area contributed by atoms with Crippen molar-refractivity contribution in [2.24, 2.45) is 0 Å². The molecule has 0 radical (unpaired) electrons. The molecule has 0 aliphatic rings. The van der Waals surface area contributed by atoms with Gasteiger partial charge in [0, 0.05) is 20.0 Å². The van der Waals surface area contributed by atoms with E-state index in [-0.39, 0.29) is 23.9 Å². The lowest BCUT2D eigenvalue weighted by Gasteiger charge is -2.20. The maximum absolute atomic E-state index is 12.5. The summed E-state index contributed by atoms with van der Waals surface area (Å²) in [6.07, 6.45) is 0.699. The van der Waals surface area contributed by atoms with Crippen LogP contribution in [0.15, 0.2) is 34.4 Å². The monoisotopic (exact) mass is 376 g/mol. The lowest BCUT2D eigenvalue weighted by atomic mass is 10.2. The summed E-state index contributed by atoms with van der Waals surface area (Å²) in [5.74, 6) is -0.662. The summed E-state index contributed by atoms with van der Waals surface area (Å²) in [5, 5.41) is 1.92. The van der Waals surface area contributed by atoms with Crippen LogP contribution in [0, 0.1) is 0 Å². The number of thiophene rings is 1. The molecule has 140 valence electrons. The van der Waals surface area contributed by atoms with Gasteiger partial charge in [-0.2, -0.15) is 0 Å². The molecule has 0 unspecified atom stereocenters. The number of nitrogens with one attached hydrogen (secondary N) is 1. The van der Waals surface area contributed by atoms with Crippen molar-refractivity contribution in [3.05, 3.63) is 45.6 Å². The summed E-state index contributed by atoms with van der Waals surface area (Å²) in [7, 11) is 1.62. The lowest BCUT2D eigenvalue weighted by molar-refractivity contribution is -0.154. The Bertz CT molecular complexity index is 819. The molecule has 26 heavy (non-hydrogen) atoms. The Morgan fingerprint density at radius 3 is 2.54 bits per heavy atom. The molecule has 1 amide bonds. The van der Waals surface area contributed by atoms with E-state index >= 15 is 0 Å². The fourth-order valence-corrected chi connectivity index (χ4v) is 3.08. The van der Waals surface area contributed by atoms with Gasteiger partial charge in [-0.15, -0.1) is 11.3 Å². The van der Waals surface area contributed by atoms with Crippen LogP contribution in [0.25, 0.3) is 10.6 Å². The van der Waals surface area contributed by atoms with Crippen LogP contribution in [-0.2, 0) is 9.53 Å². The normalized spacial score (nSPS) is 11.2. The average Bonchev–Trinajstić information content (AvgIpc) is 3.06. The van der Waals surface area contributed by atoms with Crippen LogP contribution in [0.5, 0.6) is 0 Å². The van der Waals surface area contributed by atoms with Crippen LogP contribution in [0.4, 0.5) is 0 Å². The standard InChI is InChI=1S/C19H24N2O4S/c1-19(2,3)25-16(22)8-5-11-21(4)18(24)13-9-10-14(20-17(13)23)15-7-6-12-26-15/h6-7,9-10,12H,5,8,11H2,1-4H3,(H,20,23). The van der Waals surface area contributed by atoms with Gasteiger partial charge >= 0.3 is 5.97 Å². The van der Waals surface area contributed by atoms with E-state index in [0.29, 0.717) is 18.7 Å². The Morgan fingerprint density at radius 2 is 1.96 bits per heavy atom. The van der Waals surface area contributed by atoms with Crippen LogP contribution < -0.4 is 5.56 Å². The SMILES string of the molecule is CN(CCCC(=O)OC(C)(C)C)C(=O)c1ccc(-c2cccs2)[nH]c1=O. The number of ether oxygens (including phenoxy) is 1. The van der Waals surface area contributed by atoms with Gasteiger partial charge in [-0.25, -0.2) is 0 Å². The molecular weight excluding hydrogens is 352 g/mol. The molecule has 6 nitrogen and oxygen atoms in total. The maximum atomic E-state index is 12.5. The first-order valence-corrected chi connectivity index (χ1v) is 9.30. The van der Waals surface area contributed by atoms with Crippen molar-refractivity contribution in [3.63, 3.8) is 0 Å². The van der Waals surface area contributed by atoms with Crippen LogP contribution in [0.2, 0.25) is 0 Å².